The van der Waals surface area contributed by atoms with Crippen LogP contribution in [0.25, 0.3) is 0 Å². The fraction of sp³-hybridized carbons (Fsp3) is 0.222. The summed E-state index contributed by atoms with van der Waals surface area (Å²) in [5.41, 5.74) is 1.30. The second-order valence-electron chi connectivity index (χ2n) is 5.16. The highest BCUT2D eigenvalue weighted by molar-refractivity contribution is 6.31. The van der Waals surface area contributed by atoms with E-state index >= 15 is 0 Å². The van der Waals surface area contributed by atoms with Crippen LogP contribution in [0, 0.1) is 0 Å². The second-order valence-corrected chi connectivity index (χ2v) is 5.57. The Labute approximate surface area is 151 Å². The minimum absolute atomic E-state index is 0.266. The Kier molecular flexibility index (Phi) is 6.65. The van der Waals surface area contributed by atoms with E-state index in [9.17, 15) is 9.59 Å². The van der Waals surface area contributed by atoms with Crippen LogP contribution in [0.3, 0.4) is 0 Å². The zero-order chi connectivity index (χ0) is 18.2. The summed E-state index contributed by atoms with van der Waals surface area (Å²) in [6, 6.07) is 12.2. The summed E-state index contributed by atoms with van der Waals surface area (Å²) in [5, 5.41) is 5.88. The molecule has 132 valence electrons. The van der Waals surface area contributed by atoms with Gasteiger partial charge in [0.05, 0.1) is 14.2 Å². The van der Waals surface area contributed by atoms with E-state index in [1.807, 2.05) is 18.2 Å². The van der Waals surface area contributed by atoms with E-state index in [0.29, 0.717) is 22.2 Å². The van der Waals surface area contributed by atoms with E-state index in [4.69, 9.17) is 21.1 Å². The lowest BCUT2D eigenvalue weighted by molar-refractivity contribution is -0.126. The molecule has 7 heteroatoms. The molecule has 0 fully saturated rings. The Bertz CT molecular complexity index is 764. The van der Waals surface area contributed by atoms with Gasteiger partial charge < -0.3 is 20.1 Å². The summed E-state index contributed by atoms with van der Waals surface area (Å²) in [7, 11) is 3.03. The van der Waals surface area contributed by atoms with E-state index in [0.717, 1.165) is 5.56 Å². The molecule has 0 aliphatic carbocycles. The van der Waals surface area contributed by atoms with Gasteiger partial charge in [-0.1, -0.05) is 29.8 Å². The Morgan fingerprint density at radius 3 is 2.40 bits per heavy atom. The van der Waals surface area contributed by atoms with Gasteiger partial charge in [0, 0.05) is 23.3 Å². The number of nitrogens with one attached hydrogen (secondary N) is 2. The van der Waals surface area contributed by atoms with Crippen LogP contribution in [-0.4, -0.2) is 26.0 Å². The maximum atomic E-state index is 12.0. The average Bonchev–Trinajstić information content (AvgIpc) is 2.60. The number of methoxy groups -OCH3 is 2. The fourth-order valence-electron chi connectivity index (χ4n) is 2.16. The van der Waals surface area contributed by atoms with E-state index in [1.54, 1.807) is 24.3 Å². The maximum absolute atomic E-state index is 12.0. The van der Waals surface area contributed by atoms with Gasteiger partial charge in [0.2, 0.25) is 11.8 Å². The van der Waals surface area contributed by atoms with Crippen molar-refractivity contribution in [2.75, 3.05) is 19.5 Å². The number of benzene rings is 2. The molecule has 0 spiro atoms. The first kappa shape index (κ1) is 18.6. The maximum Gasteiger partial charge on any atom is 0.233 e. The molecule has 0 aliphatic heterocycles. The topological polar surface area (TPSA) is 76.7 Å². The first-order valence-corrected chi connectivity index (χ1v) is 7.93. The zero-order valence-electron chi connectivity index (χ0n) is 14.0. The molecule has 0 aromatic heterocycles. The number of anilines is 1. The van der Waals surface area contributed by atoms with Crippen molar-refractivity contribution >= 4 is 29.1 Å². The molecular weight excluding hydrogens is 344 g/mol. The minimum Gasteiger partial charge on any atom is -0.493 e. The van der Waals surface area contributed by atoms with Crippen LogP contribution < -0.4 is 20.1 Å². The van der Waals surface area contributed by atoms with Crippen LogP contribution in [0.2, 0.25) is 5.02 Å². The van der Waals surface area contributed by atoms with Gasteiger partial charge in [-0.2, -0.15) is 0 Å². The van der Waals surface area contributed by atoms with Crippen LogP contribution in [-0.2, 0) is 16.1 Å². The molecule has 2 N–H and O–H groups in total. The lowest BCUT2D eigenvalue weighted by Gasteiger charge is -2.11. The van der Waals surface area contributed by atoms with Crippen molar-refractivity contribution in [2.24, 2.45) is 0 Å². The molecule has 25 heavy (non-hydrogen) atoms. The minimum atomic E-state index is -0.427. The van der Waals surface area contributed by atoms with Crippen molar-refractivity contribution in [1.29, 1.82) is 0 Å². The molecule has 0 unspecified atom stereocenters. The molecule has 2 amide bonds. The molecule has 2 rings (SSSR count). The van der Waals surface area contributed by atoms with Crippen molar-refractivity contribution < 1.29 is 19.1 Å². The lowest BCUT2D eigenvalue weighted by atomic mass is 10.2. The summed E-state index contributed by atoms with van der Waals surface area (Å²) in [6.07, 6.45) is -0.293. The fourth-order valence-corrected chi connectivity index (χ4v) is 2.37. The van der Waals surface area contributed by atoms with Crippen molar-refractivity contribution in [3.8, 4) is 11.5 Å². The highest BCUT2D eigenvalue weighted by Gasteiger charge is 2.12. The number of carbonyl (C=O) groups excluding carboxylic acids is 2. The molecule has 0 bridgehead atoms. The normalized spacial score (nSPS) is 10.0. The van der Waals surface area contributed by atoms with Crippen LogP contribution in [0.4, 0.5) is 5.69 Å². The third-order valence-corrected chi connectivity index (χ3v) is 3.79. The monoisotopic (exact) mass is 362 g/mol. The molecule has 2 aromatic rings. The lowest BCUT2D eigenvalue weighted by Crippen LogP contribution is -2.27. The van der Waals surface area contributed by atoms with E-state index in [-0.39, 0.29) is 13.0 Å². The zero-order valence-corrected chi connectivity index (χ0v) is 14.7. The molecule has 2 aromatic carbocycles. The van der Waals surface area contributed by atoms with Crippen molar-refractivity contribution in [3.05, 3.63) is 53.1 Å². The van der Waals surface area contributed by atoms with Gasteiger partial charge in [-0.05, 0) is 23.8 Å². The first-order chi connectivity index (χ1) is 12.0. The van der Waals surface area contributed by atoms with Gasteiger partial charge in [0.25, 0.3) is 0 Å². The number of hydrogen-bond donors (Lipinski definition) is 2. The summed E-state index contributed by atoms with van der Waals surface area (Å²) in [5.74, 6) is 0.225. The standard InChI is InChI=1S/C18H19ClN2O4/c1-24-15-8-7-13(9-16(15)25-2)21-18(23)10-17(22)20-11-12-5-3-4-6-14(12)19/h3-9H,10-11H2,1-2H3,(H,20,22)(H,21,23). The quantitative estimate of drug-likeness (QED) is 0.742. The number of ether oxygens (including phenoxy) is 2. The molecule has 0 atom stereocenters. The van der Waals surface area contributed by atoms with Crippen molar-refractivity contribution in [3.63, 3.8) is 0 Å². The van der Waals surface area contributed by atoms with Crippen LogP contribution in [0.1, 0.15) is 12.0 Å². The largest absolute Gasteiger partial charge is 0.493 e. The summed E-state index contributed by atoms with van der Waals surface area (Å²) < 4.78 is 10.3. The van der Waals surface area contributed by atoms with Gasteiger partial charge >= 0.3 is 0 Å². The Morgan fingerprint density at radius 2 is 1.72 bits per heavy atom. The van der Waals surface area contributed by atoms with E-state index in [2.05, 4.69) is 10.6 Å². The summed E-state index contributed by atoms with van der Waals surface area (Å²) in [4.78, 5) is 23.9. The molecule has 0 aliphatic rings. The van der Waals surface area contributed by atoms with Crippen LogP contribution in [0.5, 0.6) is 11.5 Å². The Hall–Kier alpha value is -2.73. The summed E-state index contributed by atoms with van der Waals surface area (Å²) >= 11 is 6.02. The third kappa shape index (κ3) is 5.39. The average molecular weight is 363 g/mol. The molecule has 0 radical (unpaired) electrons. The van der Waals surface area contributed by atoms with Gasteiger partial charge in [-0.25, -0.2) is 0 Å². The molecule has 0 saturated heterocycles. The predicted octanol–water partition coefficient (Wildman–Crippen LogP) is 3.00. The second kappa shape index (κ2) is 8.94. The summed E-state index contributed by atoms with van der Waals surface area (Å²) in [6.45, 7) is 0.266. The van der Waals surface area contributed by atoms with Crippen molar-refractivity contribution in [1.82, 2.24) is 5.32 Å². The highest BCUT2D eigenvalue weighted by atomic mass is 35.5. The van der Waals surface area contributed by atoms with E-state index in [1.165, 1.54) is 14.2 Å². The Morgan fingerprint density at radius 1 is 1.00 bits per heavy atom. The van der Waals surface area contributed by atoms with Gasteiger partial charge in [-0.15, -0.1) is 0 Å². The molecular formula is C18H19ClN2O4. The third-order valence-electron chi connectivity index (χ3n) is 3.42. The highest BCUT2D eigenvalue weighted by Crippen LogP contribution is 2.29. The van der Waals surface area contributed by atoms with Gasteiger partial charge in [-0.3, -0.25) is 9.59 Å². The molecule has 6 nitrogen and oxygen atoms in total. The molecule has 0 heterocycles. The number of carbonyl (C=O) groups is 2. The first-order valence-electron chi connectivity index (χ1n) is 7.55. The van der Waals surface area contributed by atoms with E-state index < -0.39 is 11.8 Å². The predicted molar refractivity (Wildman–Crippen MR) is 96.1 cm³/mol. The van der Waals surface area contributed by atoms with Crippen LogP contribution in [0.15, 0.2) is 42.5 Å². The van der Waals surface area contributed by atoms with Crippen molar-refractivity contribution in [2.45, 2.75) is 13.0 Å². The van der Waals surface area contributed by atoms with Crippen LogP contribution >= 0.6 is 11.6 Å². The van der Waals surface area contributed by atoms with Gasteiger partial charge in [0.1, 0.15) is 6.42 Å². The van der Waals surface area contributed by atoms with Gasteiger partial charge in [0.15, 0.2) is 11.5 Å². The number of rotatable bonds is 7. The smallest absolute Gasteiger partial charge is 0.233 e. The Balaban J connectivity index is 1.87. The SMILES string of the molecule is COc1ccc(NC(=O)CC(=O)NCc2ccccc2Cl)cc1OC. The number of hydrogen-bond acceptors (Lipinski definition) is 4. The molecule has 0 saturated carbocycles. The number of halogens is 1. The number of amides is 2.